The summed E-state index contributed by atoms with van der Waals surface area (Å²) in [5, 5.41) is 2.76. The molecule has 6 heteroatoms. The van der Waals surface area contributed by atoms with Crippen LogP contribution in [0.2, 0.25) is 0 Å². The molecule has 2 heterocycles. The Kier molecular flexibility index (Phi) is 5.48. The molecule has 0 bridgehead atoms. The molecule has 1 fully saturated rings. The molecule has 0 atom stereocenters. The number of carbonyl (C=O) groups excluding carboxylic acids is 1. The Morgan fingerprint density at radius 3 is 2.46 bits per heavy atom. The smallest absolute Gasteiger partial charge is 0.305 e. The lowest BCUT2D eigenvalue weighted by Crippen LogP contribution is -2.23. The first-order chi connectivity index (χ1) is 11.6. The van der Waals surface area contributed by atoms with Gasteiger partial charge in [-0.15, -0.1) is 0 Å². The molecule has 0 aliphatic carbocycles. The Hall–Kier alpha value is -1.92. The van der Waals surface area contributed by atoms with Crippen LogP contribution in [-0.2, 0) is 11.3 Å². The summed E-state index contributed by atoms with van der Waals surface area (Å²) in [4.78, 5) is 29.5. The monoisotopic (exact) mass is 345 g/mol. The number of nitrogens with one attached hydrogen (secondary N) is 2. The maximum absolute atomic E-state index is 11.9. The van der Waals surface area contributed by atoms with Crippen LogP contribution in [0.5, 0.6) is 0 Å². The molecule has 0 unspecified atom stereocenters. The van der Waals surface area contributed by atoms with Crippen molar-refractivity contribution in [3.8, 4) is 11.3 Å². The number of anilines is 1. The highest BCUT2D eigenvalue weighted by atomic mass is 32.1. The molecule has 1 aliphatic rings. The second kappa shape index (κ2) is 7.77. The lowest BCUT2D eigenvalue weighted by Gasteiger charge is -2.19. The summed E-state index contributed by atoms with van der Waals surface area (Å²) in [6.45, 7) is 4.52. The Bertz CT molecular complexity index is 740. The van der Waals surface area contributed by atoms with Gasteiger partial charge >= 0.3 is 4.87 Å². The molecule has 1 aliphatic heterocycles. The highest BCUT2D eigenvalue weighted by Gasteiger charge is 2.15. The molecule has 0 radical (unpaired) electrons. The van der Waals surface area contributed by atoms with Crippen molar-refractivity contribution >= 4 is 22.9 Å². The van der Waals surface area contributed by atoms with Crippen LogP contribution >= 0.6 is 11.3 Å². The standard InChI is InChI=1S/C18H23N3O2S/c1-13(22)19-15-8-6-14(7-9-15)17-16(24-18(23)20-17)12-21-10-4-2-3-5-11-21/h6-9H,2-5,10-12H2,1H3,(H,19,22)(H,20,23). The van der Waals surface area contributed by atoms with Gasteiger partial charge in [-0.1, -0.05) is 36.3 Å². The van der Waals surface area contributed by atoms with Crippen LogP contribution in [0.15, 0.2) is 29.1 Å². The lowest BCUT2D eigenvalue weighted by atomic mass is 10.1. The number of likely N-dealkylation sites (tertiary alicyclic amines) is 1. The van der Waals surface area contributed by atoms with Crippen molar-refractivity contribution < 1.29 is 4.79 Å². The van der Waals surface area contributed by atoms with E-state index in [1.54, 1.807) is 0 Å². The van der Waals surface area contributed by atoms with Crippen molar-refractivity contribution in [2.24, 2.45) is 0 Å². The molecule has 1 aromatic heterocycles. The van der Waals surface area contributed by atoms with Crippen molar-refractivity contribution in [1.82, 2.24) is 9.88 Å². The molecule has 128 valence electrons. The first-order valence-electron chi connectivity index (χ1n) is 8.44. The Balaban J connectivity index is 1.80. The average molecular weight is 345 g/mol. The molecule has 1 saturated heterocycles. The first kappa shape index (κ1) is 16.9. The van der Waals surface area contributed by atoms with E-state index in [1.165, 1.54) is 43.9 Å². The van der Waals surface area contributed by atoms with Gasteiger partial charge in [-0.3, -0.25) is 14.5 Å². The quantitative estimate of drug-likeness (QED) is 0.892. The fourth-order valence-corrected chi connectivity index (χ4v) is 4.02. The minimum absolute atomic E-state index is 0.0132. The van der Waals surface area contributed by atoms with Crippen molar-refractivity contribution in [3.05, 3.63) is 38.8 Å². The third kappa shape index (κ3) is 4.33. The average Bonchev–Trinajstić information content (AvgIpc) is 2.74. The van der Waals surface area contributed by atoms with Gasteiger partial charge in [0.2, 0.25) is 5.91 Å². The molecule has 0 spiro atoms. The summed E-state index contributed by atoms with van der Waals surface area (Å²) < 4.78 is 0. The van der Waals surface area contributed by atoms with Gasteiger partial charge in [-0.05, 0) is 43.6 Å². The molecule has 24 heavy (non-hydrogen) atoms. The van der Waals surface area contributed by atoms with Gasteiger partial charge in [0.15, 0.2) is 0 Å². The molecule has 0 saturated carbocycles. The summed E-state index contributed by atoms with van der Waals surface area (Å²) in [6, 6.07) is 7.61. The van der Waals surface area contributed by atoms with Crippen molar-refractivity contribution in [2.45, 2.75) is 39.2 Å². The van der Waals surface area contributed by atoms with E-state index in [1.807, 2.05) is 24.3 Å². The number of hydrogen-bond donors (Lipinski definition) is 2. The van der Waals surface area contributed by atoms with Crippen molar-refractivity contribution in [2.75, 3.05) is 18.4 Å². The van der Waals surface area contributed by atoms with Crippen LogP contribution in [0.1, 0.15) is 37.5 Å². The molecule has 3 rings (SSSR count). The molecule has 1 amide bonds. The fraction of sp³-hybridized carbons (Fsp3) is 0.444. The molecule has 2 N–H and O–H groups in total. The van der Waals surface area contributed by atoms with Crippen LogP contribution < -0.4 is 10.2 Å². The lowest BCUT2D eigenvalue weighted by molar-refractivity contribution is -0.114. The largest absolute Gasteiger partial charge is 0.326 e. The van der Waals surface area contributed by atoms with Crippen molar-refractivity contribution in [3.63, 3.8) is 0 Å². The Labute approximate surface area is 145 Å². The van der Waals surface area contributed by atoms with Crippen LogP contribution in [0.4, 0.5) is 5.69 Å². The first-order valence-corrected chi connectivity index (χ1v) is 9.26. The van der Waals surface area contributed by atoms with Gasteiger partial charge in [0.05, 0.1) is 5.69 Å². The SMILES string of the molecule is CC(=O)Nc1ccc(-c2[nH]c(=O)sc2CN2CCCCCC2)cc1. The van der Waals surface area contributed by atoms with Gasteiger partial charge in [0.1, 0.15) is 0 Å². The highest BCUT2D eigenvalue weighted by molar-refractivity contribution is 7.09. The van der Waals surface area contributed by atoms with Gasteiger partial charge in [-0.25, -0.2) is 0 Å². The van der Waals surface area contributed by atoms with Crippen LogP contribution in [0, 0.1) is 0 Å². The maximum Gasteiger partial charge on any atom is 0.305 e. The summed E-state index contributed by atoms with van der Waals surface area (Å²) in [6.07, 6.45) is 5.08. The van der Waals surface area contributed by atoms with Crippen LogP contribution in [-0.4, -0.2) is 28.9 Å². The summed E-state index contributed by atoms with van der Waals surface area (Å²) in [5.74, 6) is -0.0893. The number of thiazole rings is 1. The maximum atomic E-state index is 11.9. The molecule has 1 aromatic carbocycles. The fourth-order valence-electron chi connectivity index (χ4n) is 3.13. The number of nitrogens with zero attached hydrogens (tertiary/aromatic N) is 1. The van der Waals surface area contributed by atoms with E-state index in [2.05, 4.69) is 15.2 Å². The van der Waals surface area contributed by atoms with E-state index in [-0.39, 0.29) is 10.8 Å². The van der Waals surface area contributed by atoms with Gasteiger partial charge in [0, 0.05) is 24.0 Å². The van der Waals surface area contributed by atoms with Crippen LogP contribution in [0.25, 0.3) is 11.3 Å². The summed E-state index contributed by atoms with van der Waals surface area (Å²) in [5.41, 5.74) is 2.65. The van der Waals surface area contributed by atoms with Gasteiger partial charge in [-0.2, -0.15) is 0 Å². The molecular weight excluding hydrogens is 322 g/mol. The molecular formula is C18H23N3O2S. The van der Waals surface area contributed by atoms with E-state index < -0.39 is 0 Å². The predicted molar refractivity (Wildman–Crippen MR) is 98.4 cm³/mol. The highest BCUT2D eigenvalue weighted by Crippen LogP contribution is 2.26. The summed E-state index contributed by atoms with van der Waals surface area (Å²) >= 11 is 1.30. The number of H-pyrrole nitrogens is 1. The number of hydrogen-bond acceptors (Lipinski definition) is 4. The minimum Gasteiger partial charge on any atom is -0.326 e. The number of amides is 1. The number of aromatic amines is 1. The van der Waals surface area contributed by atoms with Gasteiger partial charge in [0.25, 0.3) is 0 Å². The molecule has 5 nitrogen and oxygen atoms in total. The zero-order valence-electron chi connectivity index (χ0n) is 13.9. The number of aromatic nitrogens is 1. The van der Waals surface area contributed by atoms with Crippen molar-refractivity contribution in [1.29, 1.82) is 0 Å². The van der Waals surface area contributed by atoms with Gasteiger partial charge < -0.3 is 10.3 Å². The topological polar surface area (TPSA) is 65.2 Å². The van der Waals surface area contributed by atoms with Crippen LogP contribution in [0.3, 0.4) is 0 Å². The predicted octanol–water partition coefficient (Wildman–Crippen LogP) is 3.44. The second-order valence-corrected chi connectivity index (χ2v) is 7.33. The van der Waals surface area contributed by atoms with E-state index in [0.717, 1.165) is 41.5 Å². The zero-order chi connectivity index (χ0) is 16.9. The Morgan fingerprint density at radius 2 is 1.83 bits per heavy atom. The summed E-state index contributed by atoms with van der Waals surface area (Å²) in [7, 11) is 0. The second-order valence-electron chi connectivity index (χ2n) is 6.26. The van der Waals surface area contributed by atoms with E-state index in [9.17, 15) is 9.59 Å². The number of benzene rings is 1. The Morgan fingerprint density at radius 1 is 1.17 bits per heavy atom. The number of rotatable bonds is 4. The molecule has 2 aromatic rings. The van der Waals surface area contributed by atoms with E-state index >= 15 is 0 Å². The normalized spacial score (nSPS) is 15.9. The third-order valence-corrected chi connectivity index (χ3v) is 5.15. The zero-order valence-corrected chi connectivity index (χ0v) is 14.7. The number of carbonyl (C=O) groups is 1. The minimum atomic E-state index is -0.0893. The third-order valence-electron chi connectivity index (χ3n) is 4.28. The van der Waals surface area contributed by atoms with E-state index in [4.69, 9.17) is 0 Å². The van der Waals surface area contributed by atoms with E-state index in [0.29, 0.717) is 0 Å².